The Balaban J connectivity index is 4.32. The maximum absolute atomic E-state index is 12.7. The van der Waals surface area contributed by atoms with Gasteiger partial charge in [-0.25, -0.2) is 0 Å². The predicted octanol–water partition coefficient (Wildman–Crippen LogP) is 12.7. The smallest absolute Gasteiger partial charge is 0.306 e. The molecule has 10 heteroatoms. The molecular weight excluding hydrogens is 725 g/mol. The lowest BCUT2D eigenvalue weighted by molar-refractivity contribution is -0.870. The van der Waals surface area contributed by atoms with Crippen LogP contribution in [-0.4, -0.2) is 70.0 Å². The second-order valence-corrected chi connectivity index (χ2v) is 18.5. The van der Waals surface area contributed by atoms with Crippen LogP contribution >= 0.6 is 7.82 Å². The van der Waals surface area contributed by atoms with Crippen LogP contribution in [0.1, 0.15) is 219 Å². The van der Waals surface area contributed by atoms with Crippen molar-refractivity contribution in [3.63, 3.8) is 0 Å². The second-order valence-electron chi connectivity index (χ2n) is 17.1. The average Bonchev–Trinajstić information content (AvgIpc) is 3.15. The summed E-state index contributed by atoms with van der Waals surface area (Å²) in [7, 11) is 1.16. The standard InChI is InChI=1S/C46H90NO8P/c1-6-8-10-12-14-16-18-20-22-23-25-26-28-30-32-34-36-38-45(48)52-42-44(43-54-56(50,51)53-41-40-47(3,4)5)55-46(49)39-37-35-33-31-29-27-24-21-19-17-15-13-11-9-7-2/h33,35,44H,6-32,34,36-43H2,1-5H3/b35-33+/t44-/m1/s1. The quantitative estimate of drug-likeness (QED) is 0.0197. The van der Waals surface area contributed by atoms with Gasteiger partial charge in [0.25, 0.3) is 7.82 Å². The molecule has 56 heavy (non-hydrogen) atoms. The number of unbranched alkanes of at least 4 members (excludes halogenated alkanes) is 27. The van der Waals surface area contributed by atoms with E-state index in [0.717, 1.165) is 32.1 Å². The van der Waals surface area contributed by atoms with Crippen molar-refractivity contribution in [3.05, 3.63) is 12.2 Å². The summed E-state index contributed by atoms with van der Waals surface area (Å²) < 4.78 is 33.9. The first-order chi connectivity index (χ1) is 27.0. The topological polar surface area (TPSA) is 111 Å². The lowest BCUT2D eigenvalue weighted by Gasteiger charge is -2.28. The highest BCUT2D eigenvalue weighted by molar-refractivity contribution is 7.45. The van der Waals surface area contributed by atoms with Crippen molar-refractivity contribution in [2.24, 2.45) is 0 Å². The van der Waals surface area contributed by atoms with Gasteiger partial charge in [0, 0.05) is 12.8 Å². The number of phosphoric ester groups is 1. The van der Waals surface area contributed by atoms with Gasteiger partial charge >= 0.3 is 11.9 Å². The summed E-state index contributed by atoms with van der Waals surface area (Å²) in [5.41, 5.74) is 0. The summed E-state index contributed by atoms with van der Waals surface area (Å²) >= 11 is 0. The van der Waals surface area contributed by atoms with Gasteiger partial charge in [-0.3, -0.25) is 14.2 Å². The Labute approximate surface area is 346 Å². The molecular formula is C46H90NO8P. The van der Waals surface area contributed by atoms with Crippen LogP contribution in [0.2, 0.25) is 0 Å². The van der Waals surface area contributed by atoms with Crippen molar-refractivity contribution in [1.29, 1.82) is 0 Å². The molecule has 0 aromatic rings. The van der Waals surface area contributed by atoms with Gasteiger partial charge in [0.2, 0.25) is 0 Å². The lowest BCUT2D eigenvalue weighted by Crippen LogP contribution is -2.37. The summed E-state index contributed by atoms with van der Waals surface area (Å²) in [6, 6.07) is 0. The highest BCUT2D eigenvalue weighted by Gasteiger charge is 2.21. The van der Waals surface area contributed by atoms with E-state index in [0.29, 0.717) is 17.4 Å². The number of hydrogen-bond acceptors (Lipinski definition) is 8. The van der Waals surface area contributed by atoms with Gasteiger partial charge in [0.15, 0.2) is 6.10 Å². The minimum atomic E-state index is -4.63. The normalized spacial score (nSPS) is 13.6. The second kappa shape index (κ2) is 39.2. The summed E-state index contributed by atoms with van der Waals surface area (Å²) in [6.07, 6.45) is 41.1. The molecule has 9 nitrogen and oxygen atoms in total. The van der Waals surface area contributed by atoms with Crippen LogP contribution in [0.25, 0.3) is 0 Å². The summed E-state index contributed by atoms with van der Waals surface area (Å²) in [5.74, 6) is -0.879. The van der Waals surface area contributed by atoms with Crippen LogP contribution in [-0.2, 0) is 32.7 Å². The molecule has 0 aliphatic rings. The third-order valence-corrected chi connectivity index (χ3v) is 11.3. The van der Waals surface area contributed by atoms with E-state index in [9.17, 15) is 19.0 Å². The molecule has 0 aliphatic heterocycles. The molecule has 1 unspecified atom stereocenters. The van der Waals surface area contributed by atoms with E-state index >= 15 is 0 Å². The monoisotopic (exact) mass is 816 g/mol. The van der Waals surface area contributed by atoms with Crippen LogP contribution in [0.5, 0.6) is 0 Å². The van der Waals surface area contributed by atoms with Crippen molar-refractivity contribution in [2.45, 2.75) is 225 Å². The highest BCUT2D eigenvalue weighted by atomic mass is 31.2. The van der Waals surface area contributed by atoms with Gasteiger partial charge in [-0.1, -0.05) is 193 Å². The molecule has 0 heterocycles. The fourth-order valence-electron chi connectivity index (χ4n) is 6.61. The van der Waals surface area contributed by atoms with Gasteiger partial charge in [-0.15, -0.1) is 0 Å². The number of carbonyl (C=O) groups is 2. The van der Waals surface area contributed by atoms with Crippen molar-refractivity contribution in [1.82, 2.24) is 0 Å². The van der Waals surface area contributed by atoms with Gasteiger partial charge < -0.3 is 27.9 Å². The number of hydrogen-bond donors (Lipinski definition) is 0. The zero-order valence-corrected chi connectivity index (χ0v) is 38.2. The largest absolute Gasteiger partial charge is 0.756 e. The molecule has 0 bridgehead atoms. The fourth-order valence-corrected chi connectivity index (χ4v) is 7.34. The minimum absolute atomic E-state index is 0.0331. The zero-order chi connectivity index (χ0) is 41.4. The molecule has 0 rings (SSSR count). The Morgan fingerprint density at radius 3 is 1.39 bits per heavy atom. The van der Waals surface area contributed by atoms with Crippen LogP contribution in [0.4, 0.5) is 0 Å². The first-order valence-electron chi connectivity index (χ1n) is 23.4. The SMILES string of the molecule is CCCCCCCCCCCCC/C=C/CCC(=O)O[C@H](COC(=O)CCCCCCCCCCCCCCCCCCC)COP(=O)([O-])OCC[N+](C)(C)C. The molecule has 0 spiro atoms. The van der Waals surface area contributed by atoms with Gasteiger partial charge in [-0.05, 0) is 25.7 Å². The molecule has 0 saturated heterocycles. The number of carbonyl (C=O) groups excluding carboxylic acids is 2. The third-order valence-electron chi connectivity index (χ3n) is 10.3. The summed E-state index contributed by atoms with van der Waals surface area (Å²) in [4.78, 5) is 37.5. The summed E-state index contributed by atoms with van der Waals surface area (Å²) in [5, 5.41) is 0. The number of esters is 2. The maximum Gasteiger partial charge on any atom is 0.306 e. The van der Waals surface area contributed by atoms with Crippen LogP contribution in [0, 0.1) is 0 Å². The number of allylic oxidation sites excluding steroid dienone is 2. The average molecular weight is 816 g/mol. The predicted molar refractivity (Wildman–Crippen MR) is 231 cm³/mol. The van der Waals surface area contributed by atoms with E-state index in [1.165, 1.54) is 154 Å². The molecule has 0 aliphatic carbocycles. The van der Waals surface area contributed by atoms with Crippen LogP contribution in [0.15, 0.2) is 12.2 Å². The Kier molecular flexibility index (Phi) is 38.3. The van der Waals surface area contributed by atoms with E-state index in [4.69, 9.17) is 18.5 Å². The number of likely N-dealkylation sites (N-methyl/N-ethyl adjacent to an activating group) is 1. The molecule has 332 valence electrons. The number of quaternary nitrogens is 1. The van der Waals surface area contributed by atoms with E-state index in [-0.39, 0.29) is 32.0 Å². The Hall–Kier alpha value is -1.25. The molecule has 0 radical (unpaired) electrons. The molecule has 0 amide bonds. The first-order valence-corrected chi connectivity index (χ1v) is 24.9. The van der Waals surface area contributed by atoms with Crippen LogP contribution < -0.4 is 4.89 Å². The minimum Gasteiger partial charge on any atom is -0.756 e. The van der Waals surface area contributed by atoms with E-state index < -0.39 is 26.5 Å². The Morgan fingerprint density at radius 2 is 0.946 bits per heavy atom. The van der Waals surface area contributed by atoms with Crippen molar-refractivity contribution in [3.8, 4) is 0 Å². The van der Waals surface area contributed by atoms with Crippen LogP contribution in [0.3, 0.4) is 0 Å². The van der Waals surface area contributed by atoms with E-state index in [1.807, 2.05) is 27.2 Å². The summed E-state index contributed by atoms with van der Waals surface area (Å²) in [6.45, 7) is 4.22. The number of nitrogens with zero attached hydrogens (tertiary/aromatic N) is 1. The zero-order valence-electron chi connectivity index (χ0n) is 37.3. The lowest BCUT2D eigenvalue weighted by atomic mass is 10.0. The van der Waals surface area contributed by atoms with E-state index in [2.05, 4.69) is 19.9 Å². The number of phosphoric acid groups is 1. The van der Waals surface area contributed by atoms with Gasteiger partial charge in [0.1, 0.15) is 19.8 Å². The van der Waals surface area contributed by atoms with Crippen molar-refractivity contribution >= 4 is 19.8 Å². The molecule has 0 fully saturated rings. The van der Waals surface area contributed by atoms with Gasteiger partial charge in [-0.2, -0.15) is 0 Å². The van der Waals surface area contributed by atoms with Gasteiger partial charge in [0.05, 0.1) is 27.7 Å². The molecule has 0 N–H and O–H groups in total. The van der Waals surface area contributed by atoms with Crippen molar-refractivity contribution < 1.29 is 42.1 Å². The number of ether oxygens (including phenoxy) is 2. The number of rotatable bonds is 43. The highest BCUT2D eigenvalue weighted by Crippen LogP contribution is 2.38. The Morgan fingerprint density at radius 1 is 0.536 bits per heavy atom. The molecule has 0 saturated carbocycles. The third kappa shape index (κ3) is 42.4. The van der Waals surface area contributed by atoms with Crippen molar-refractivity contribution in [2.75, 3.05) is 47.5 Å². The fraction of sp³-hybridized carbons (Fsp3) is 0.913. The molecule has 2 atom stereocenters. The molecule has 0 aromatic carbocycles. The first kappa shape index (κ1) is 54.8. The molecule has 0 aromatic heterocycles. The maximum atomic E-state index is 12.7. The van der Waals surface area contributed by atoms with E-state index in [1.54, 1.807) is 0 Å². The Bertz CT molecular complexity index is 969.